The molecule has 160 valence electrons. The number of hydrogen-bond donors (Lipinski definition) is 1. The summed E-state index contributed by atoms with van der Waals surface area (Å²) in [5.41, 5.74) is 1.73. The quantitative estimate of drug-likeness (QED) is 0.332. The molecule has 1 aromatic carbocycles. The zero-order valence-corrected chi connectivity index (χ0v) is 19.3. The van der Waals surface area contributed by atoms with E-state index in [1.54, 1.807) is 10.8 Å². The van der Waals surface area contributed by atoms with Crippen molar-refractivity contribution in [3.8, 4) is 0 Å². The van der Waals surface area contributed by atoms with Crippen molar-refractivity contribution >= 4 is 49.4 Å². The first-order valence-electron chi connectivity index (χ1n) is 10.2. The molecule has 1 amide bonds. The number of carbonyl (C=O) groups is 1. The van der Waals surface area contributed by atoms with E-state index in [1.807, 2.05) is 44.2 Å². The van der Waals surface area contributed by atoms with Crippen molar-refractivity contribution in [2.45, 2.75) is 44.4 Å². The van der Waals surface area contributed by atoms with Gasteiger partial charge in [-0.2, -0.15) is 0 Å². The van der Waals surface area contributed by atoms with E-state index >= 15 is 0 Å². The number of hydrogen-bond acceptors (Lipinski definition) is 6. The smallest absolute Gasteiger partial charge is 0.272 e. The summed E-state index contributed by atoms with van der Waals surface area (Å²) in [5, 5.41) is 4.32. The Morgan fingerprint density at radius 3 is 2.68 bits per heavy atom. The predicted octanol–water partition coefficient (Wildman–Crippen LogP) is 4.43. The molecule has 4 aromatic rings. The summed E-state index contributed by atoms with van der Waals surface area (Å²) in [4.78, 5) is 35.8. The van der Waals surface area contributed by atoms with E-state index in [0.717, 1.165) is 15.8 Å². The van der Waals surface area contributed by atoms with Gasteiger partial charge >= 0.3 is 0 Å². The van der Waals surface area contributed by atoms with Crippen LogP contribution in [0.25, 0.3) is 20.4 Å². The van der Waals surface area contributed by atoms with Crippen LogP contribution in [0.4, 0.5) is 0 Å². The zero-order chi connectivity index (χ0) is 22.0. The van der Waals surface area contributed by atoms with Crippen LogP contribution < -0.4 is 10.9 Å². The number of pyridine rings is 1. The summed E-state index contributed by atoms with van der Waals surface area (Å²) in [6.07, 6.45) is 1.72. The second-order valence-electron chi connectivity index (χ2n) is 7.77. The maximum atomic E-state index is 13.5. The number of benzene rings is 1. The van der Waals surface area contributed by atoms with Crippen molar-refractivity contribution in [1.82, 2.24) is 19.9 Å². The van der Waals surface area contributed by atoms with Gasteiger partial charge in [-0.3, -0.25) is 14.2 Å². The topological polar surface area (TPSA) is 76.9 Å². The highest BCUT2D eigenvalue weighted by atomic mass is 32.2. The minimum absolute atomic E-state index is 0.0655. The number of nitrogens with one attached hydrogen (secondary N) is 1. The first-order chi connectivity index (χ1) is 14.9. The highest BCUT2D eigenvalue weighted by molar-refractivity contribution is 7.99. The van der Waals surface area contributed by atoms with Crippen molar-refractivity contribution in [3.05, 3.63) is 64.6 Å². The van der Waals surface area contributed by atoms with Gasteiger partial charge in [0.1, 0.15) is 9.53 Å². The maximum Gasteiger partial charge on any atom is 0.272 e. The molecule has 1 unspecified atom stereocenters. The Kier molecular flexibility index (Phi) is 6.38. The third-order valence-electron chi connectivity index (χ3n) is 4.92. The highest BCUT2D eigenvalue weighted by Crippen LogP contribution is 2.31. The molecule has 0 saturated carbocycles. The molecule has 3 aromatic heterocycles. The van der Waals surface area contributed by atoms with Crippen LogP contribution in [0, 0.1) is 0 Å². The Morgan fingerprint density at radius 2 is 1.94 bits per heavy atom. The number of thiophene rings is 1. The summed E-state index contributed by atoms with van der Waals surface area (Å²) in [6.45, 7) is 6.43. The molecule has 6 nitrogen and oxygen atoms in total. The highest BCUT2D eigenvalue weighted by Gasteiger charge is 2.19. The van der Waals surface area contributed by atoms with Crippen molar-refractivity contribution < 1.29 is 4.79 Å². The van der Waals surface area contributed by atoms with Gasteiger partial charge in [0.05, 0.1) is 11.3 Å². The third-order valence-corrected chi connectivity index (χ3v) is 6.99. The minimum atomic E-state index is -0.0810. The Labute approximate surface area is 188 Å². The monoisotopic (exact) mass is 452 g/mol. The molecule has 1 N–H and O–H groups in total. The molecule has 0 aliphatic carbocycles. The summed E-state index contributed by atoms with van der Waals surface area (Å²) in [7, 11) is 0. The largest absolute Gasteiger partial charge is 0.353 e. The molecule has 31 heavy (non-hydrogen) atoms. The fraction of sp³-hybridized carbons (Fsp3) is 0.304. The molecule has 0 bridgehead atoms. The van der Waals surface area contributed by atoms with Gasteiger partial charge < -0.3 is 5.32 Å². The Balaban J connectivity index is 1.77. The lowest BCUT2D eigenvalue weighted by molar-refractivity contribution is -0.119. The van der Waals surface area contributed by atoms with E-state index in [9.17, 15) is 9.59 Å². The Morgan fingerprint density at radius 1 is 1.16 bits per heavy atom. The van der Waals surface area contributed by atoms with Gasteiger partial charge in [0.15, 0.2) is 5.16 Å². The van der Waals surface area contributed by atoms with Crippen molar-refractivity contribution in [2.75, 3.05) is 5.75 Å². The number of rotatable bonds is 7. The van der Waals surface area contributed by atoms with Crippen LogP contribution in [0.3, 0.4) is 0 Å². The lowest BCUT2D eigenvalue weighted by atomic mass is 10.0. The molecular weight excluding hydrogens is 428 g/mol. The molecule has 3 heterocycles. The van der Waals surface area contributed by atoms with E-state index in [2.05, 4.69) is 29.4 Å². The zero-order valence-electron chi connectivity index (χ0n) is 17.7. The van der Waals surface area contributed by atoms with Crippen LogP contribution in [0.1, 0.15) is 32.3 Å². The lowest BCUT2D eigenvalue weighted by Crippen LogP contribution is -2.32. The van der Waals surface area contributed by atoms with Gasteiger partial charge in [0, 0.05) is 24.2 Å². The van der Waals surface area contributed by atoms with Crippen LogP contribution in [-0.2, 0) is 11.3 Å². The van der Waals surface area contributed by atoms with Gasteiger partial charge in [-0.25, -0.2) is 9.97 Å². The summed E-state index contributed by atoms with van der Waals surface area (Å²) >= 11 is 2.67. The van der Waals surface area contributed by atoms with E-state index < -0.39 is 0 Å². The molecule has 0 radical (unpaired) electrons. The van der Waals surface area contributed by atoms with Crippen LogP contribution >= 0.6 is 23.1 Å². The first kappa shape index (κ1) is 21.5. The number of nitrogens with zero attached hydrogens (tertiary/aromatic N) is 3. The molecule has 0 spiro atoms. The van der Waals surface area contributed by atoms with E-state index in [0.29, 0.717) is 21.9 Å². The third kappa shape index (κ3) is 4.65. The molecule has 0 fully saturated rings. The van der Waals surface area contributed by atoms with Crippen LogP contribution in [0.5, 0.6) is 0 Å². The number of aromatic nitrogens is 3. The standard InChI is InChI=1S/C23H24N4O2S2/c1-14(2)25-18(28)13-30-23-26-19-17-10-7-11-24-21(17)31-20(19)22(29)27(23)12-15(3)16-8-5-4-6-9-16/h4-11,14-15H,12-13H2,1-3H3,(H,25,28). The van der Waals surface area contributed by atoms with Crippen LogP contribution in [-0.4, -0.2) is 32.2 Å². The second-order valence-corrected chi connectivity index (χ2v) is 9.71. The molecule has 1 atom stereocenters. The molecular formula is C23H24N4O2S2. The fourth-order valence-electron chi connectivity index (χ4n) is 3.47. The second kappa shape index (κ2) is 9.20. The van der Waals surface area contributed by atoms with Gasteiger partial charge in [0.25, 0.3) is 5.56 Å². The maximum absolute atomic E-state index is 13.5. The van der Waals surface area contributed by atoms with E-state index in [-0.39, 0.29) is 29.2 Å². The minimum Gasteiger partial charge on any atom is -0.353 e. The Hall–Kier alpha value is -2.71. The number of fused-ring (bicyclic) bond motifs is 3. The number of thioether (sulfide) groups is 1. The average molecular weight is 453 g/mol. The molecule has 8 heteroatoms. The summed E-state index contributed by atoms with van der Waals surface area (Å²) < 4.78 is 2.31. The summed E-state index contributed by atoms with van der Waals surface area (Å²) in [5.74, 6) is 0.249. The van der Waals surface area contributed by atoms with Gasteiger partial charge in [-0.05, 0) is 37.5 Å². The predicted molar refractivity (Wildman–Crippen MR) is 128 cm³/mol. The van der Waals surface area contributed by atoms with Crippen LogP contribution in [0.2, 0.25) is 0 Å². The Bertz CT molecular complexity index is 1280. The van der Waals surface area contributed by atoms with Crippen molar-refractivity contribution in [2.24, 2.45) is 0 Å². The van der Waals surface area contributed by atoms with Gasteiger partial charge in [-0.15, -0.1) is 11.3 Å². The molecule has 4 rings (SSSR count). The fourth-order valence-corrected chi connectivity index (χ4v) is 5.31. The summed E-state index contributed by atoms with van der Waals surface area (Å²) in [6, 6.07) is 14.0. The van der Waals surface area contributed by atoms with Gasteiger partial charge in [0.2, 0.25) is 5.91 Å². The van der Waals surface area contributed by atoms with E-state index in [1.165, 1.54) is 23.1 Å². The molecule has 0 aliphatic rings. The van der Waals surface area contributed by atoms with Crippen LogP contribution in [0.15, 0.2) is 58.6 Å². The van der Waals surface area contributed by atoms with Gasteiger partial charge in [-0.1, -0.05) is 49.0 Å². The first-order valence-corrected chi connectivity index (χ1v) is 12.0. The van der Waals surface area contributed by atoms with Crippen molar-refractivity contribution in [1.29, 1.82) is 0 Å². The van der Waals surface area contributed by atoms with Crippen molar-refractivity contribution in [3.63, 3.8) is 0 Å². The molecule has 0 saturated heterocycles. The lowest BCUT2D eigenvalue weighted by Gasteiger charge is -2.17. The average Bonchev–Trinajstić information content (AvgIpc) is 3.13. The molecule has 0 aliphatic heterocycles. The number of amides is 1. The SMILES string of the molecule is CC(C)NC(=O)CSc1nc2c(sc3ncccc32)c(=O)n1CC(C)c1ccccc1. The van der Waals surface area contributed by atoms with E-state index in [4.69, 9.17) is 4.98 Å². The number of carbonyl (C=O) groups excluding carboxylic acids is 1. The normalized spacial score (nSPS) is 12.5.